The molecule has 0 saturated heterocycles. The highest BCUT2D eigenvalue weighted by Crippen LogP contribution is 2.16. The van der Waals surface area contributed by atoms with Crippen molar-refractivity contribution in [3.8, 4) is 6.07 Å². The zero-order chi connectivity index (χ0) is 13.4. The summed E-state index contributed by atoms with van der Waals surface area (Å²) in [6.45, 7) is 4.30. The predicted octanol–water partition coefficient (Wildman–Crippen LogP) is 3.42. The first-order chi connectivity index (χ1) is 8.67. The van der Waals surface area contributed by atoms with E-state index < -0.39 is 0 Å². The molecule has 1 rings (SSSR count). The van der Waals surface area contributed by atoms with Crippen LogP contribution in [0.15, 0.2) is 24.3 Å². The lowest BCUT2D eigenvalue weighted by Gasteiger charge is -2.09. The number of carbonyl (C=O) groups is 1. The second-order valence-corrected chi connectivity index (χ2v) is 5.59. The van der Waals surface area contributed by atoms with Gasteiger partial charge >= 0.3 is 0 Å². The normalized spacial score (nSPS) is 11.6. The van der Waals surface area contributed by atoms with E-state index in [1.807, 2.05) is 6.07 Å². The topological polar surface area (TPSA) is 52.9 Å². The number of anilines is 1. The minimum atomic E-state index is -0.0338. The Balaban J connectivity index is 2.43. The van der Waals surface area contributed by atoms with Crippen LogP contribution in [-0.4, -0.2) is 16.9 Å². The molecule has 1 aromatic rings. The Kier molecular flexibility index (Phi) is 6.31. The van der Waals surface area contributed by atoms with E-state index in [0.29, 0.717) is 22.9 Å². The van der Waals surface area contributed by atoms with Gasteiger partial charge in [-0.3, -0.25) is 4.79 Å². The number of nitriles is 1. The molecule has 1 aromatic carbocycles. The molecule has 1 atom stereocenters. The fourth-order valence-electron chi connectivity index (χ4n) is 1.37. The summed E-state index contributed by atoms with van der Waals surface area (Å²) >= 11 is 1.80. The zero-order valence-corrected chi connectivity index (χ0v) is 11.6. The van der Waals surface area contributed by atoms with Crippen molar-refractivity contribution < 1.29 is 4.79 Å². The monoisotopic (exact) mass is 262 g/mol. The third kappa shape index (κ3) is 4.80. The average molecular weight is 262 g/mol. The van der Waals surface area contributed by atoms with Gasteiger partial charge in [0, 0.05) is 17.4 Å². The lowest BCUT2D eigenvalue weighted by molar-refractivity contribution is -0.115. The summed E-state index contributed by atoms with van der Waals surface area (Å²) in [4.78, 5) is 11.7. The number of nitrogens with zero attached hydrogens (tertiary/aromatic N) is 1. The SMILES string of the molecule is CCC(C)SCCC(=O)Nc1ccccc1C#N. The molecule has 0 fully saturated rings. The summed E-state index contributed by atoms with van der Waals surface area (Å²) in [6, 6.07) is 9.11. The number of nitrogens with one attached hydrogen (secondary N) is 1. The first-order valence-corrected chi connectivity index (χ1v) is 7.12. The Morgan fingerprint density at radius 1 is 1.50 bits per heavy atom. The van der Waals surface area contributed by atoms with Gasteiger partial charge < -0.3 is 5.32 Å². The van der Waals surface area contributed by atoms with Crippen molar-refractivity contribution in [3.63, 3.8) is 0 Å². The molecule has 1 N–H and O–H groups in total. The van der Waals surface area contributed by atoms with Gasteiger partial charge in [-0.25, -0.2) is 0 Å². The van der Waals surface area contributed by atoms with E-state index in [-0.39, 0.29) is 5.91 Å². The van der Waals surface area contributed by atoms with Crippen LogP contribution < -0.4 is 5.32 Å². The molecule has 1 amide bonds. The van der Waals surface area contributed by atoms with Crippen LogP contribution in [0.4, 0.5) is 5.69 Å². The minimum absolute atomic E-state index is 0.0338. The van der Waals surface area contributed by atoms with Crippen LogP contribution in [0.2, 0.25) is 0 Å². The number of rotatable bonds is 6. The van der Waals surface area contributed by atoms with Crippen LogP contribution in [0.3, 0.4) is 0 Å². The number of para-hydroxylation sites is 1. The third-order valence-electron chi connectivity index (χ3n) is 2.63. The van der Waals surface area contributed by atoms with E-state index in [2.05, 4.69) is 25.2 Å². The largest absolute Gasteiger partial charge is 0.325 e. The molecule has 1 unspecified atom stereocenters. The molecule has 0 aliphatic rings. The van der Waals surface area contributed by atoms with Gasteiger partial charge in [0.15, 0.2) is 0 Å². The molecule has 0 heterocycles. The smallest absolute Gasteiger partial charge is 0.225 e. The van der Waals surface area contributed by atoms with Gasteiger partial charge in [-0.1, -0.05) is 26.0 Å². The minimum Gasteiger partial charge on any atom is -0.325 e. The van der Waals surface area contributed by atoms with Crippen LogP contribution in [0.25, 0.3) is 0 Å². The van der Waals surface area contributed by atoms with Gasteiger partial charge in [0.1, 0.15) is 6.07 Å². The van der Waals surface area contributed by atoms with Crippen LogP contribution in [0.1, 0.15) is 32.3 Å². The Labute approximate surface area is 113 Å². The van der Waals surface area contributed by atoms with Crippen molar-refractivity contribution in [2.24, 2.45) is 0 Å². The van der Waals surface area contributed by atoms with E-state index in [1.165, 1.54) is 0 Å². The van der Waals surface area contributed by atoms with Crippen molar-refractivity contribution in [1.29, 1.82) is 5.26 Å². The maximum Gasteiger partial charge on any atom is 0.225 e. The molecule has 18 heavy (non-hydrogen) atoms. The highest BCUT2D eigenvalue weighted by molar-refractivity contribution is 7.99. The van der Waals surface area contributed by atoms with Crippen molar-refractivity contribution in [1.82, 2.24) is 0 Å². The molecule has 0 radical (unpaired) electrons. The Bertz CT molecular complexity index is 440. The van der Waals surface area contributed by atoms with E-state index in [9.17, 15) is 4.79 Å². The summed E-state index contributed by atoms with van der Waals surface area (Å²) in [7, 11) is 0. The summed E-state index contributed by atoms with van der Waals surface area (Å²) in [5, 5.41) is 12.3. The lowest BCUT2D eigenvalue weighted by atomic mass is 10.2. The summed E-state index contributed by atoms with van der Waals surface area (Å²) in [6.07, 6.45) is 1.60. The van der Waals surface area contributed by atoms with Gasteiger partial charge in [-0.2, -0.15) is 17.0 Å². The molecule has 0 aliphatic heterocycles. The number of benzene rings is 1. The van der Waals surface area contributed by atoms with Gasteiger partial charge in [0.25, 0.3) is 0 Å². The predicted molar refractivity (Wildman–Crippen MR) is 76.6 cm³/mol. The molecule has 4 heteroatoms. The number of amides is 1. The molecule has 0 spiro atoms. The van der Waals surface area contributed by atoms with Crippen molar-refractivity contribution in [3.05, 3.63) is 29.8 Å². The van der Waals surface area contributed by atoms with Crippen molar-refractivity contribution in [2.45, 2.75) is 31.9 Å². The molecule has 0 aliphatic carbocycles. The molecular weight excluding hydrogens is 244 g/mol. The van der Waals surface area contributed by atoms with E-state index in [1.54, 1.807) is 30.0 Å². The third-order valence-corrected chi connectivity index (χ3v) is 3.97. The van der Waals surface area contributed by atoms with Crippen LogP contribution in [-0.2, 0) is 4.79 Å². The summed E-state index contributed by atoms with van der Waals surface area (Å²) < 4.78 is 0. The maximum absolute atomic E-state index is 11.7. The lowest BCUT2D eigenvalue weighted by Crippen LogP contribution is -2.13. The Morgan fingerprint density at radius 3 is 2.89 bits per heavy atom. The van der Waals surface area contributed by atoms with Crippen LogP contribution in [0.5, 0.6) is 0 Å². The second kappa shape index (κ2) is 7.78. The Morgan fingerprint density at radius 2 is 2.22 bits per heavy atom. The van der Waals surface area contributed by atoms with E-state index in [4.69, 9.17) is 5.26 Å². The molecule has 0 aromatic heterocycles. The van der Waals surface area contributed by atoms with Crippen molar-refractivity contribution >= 4 is 23.4 Å². The first-order valence-electron chi connectivity index (χ1n) is 6.08. The van der Waals surface area contributed by atoms with E-state index in [0.717, 1.165) is 12.2 Å². The number of thioether (sulfide) groups is 1. The van der Waals surface area contributed by atoms with Gasteiger partial charge in [0.2, 0.25) is 5.91 Å². The molecule has 3 nitrogen and oxygen atoms in total. The maximum atomic E-state index is 11.7. The highest BCUT2D eigenvalue weighted by atomic mass is 32.2. The second-order valence-electron chi connectivity index (χ2n) is 4.05. The fourth-order valence-corrected chi connectivity index (χ4v) is 2.31. The number of carbonyl (C=O) groups excluding carboxylic acids is 1. The summed E-state index contributed by atoms with van der Waals surface area (Å²) in [5.74, 6) is 0.781. The molecule has 0 bridgehead atoms. The average Bonchev–Trinajstić information content (AvgIpc) is 2.39. The number of hydrogen-bond acceptors (Lipinski definition) is 3. The quantitative estimate of drug-likeness (QED) is 0.854. The van der Waals surface area contributed by atoms with Crippen LogP contribution >= 0.6 is 11.8 Å². The standard InChI is InChI=1S/C14H18N2OS/c1-3-11(2)18-9-8-14(17)16-13-7-5-4-6-12(13)10-15/h4-7,11H,3,8-9H2,1-2H3,(H,16,17). The van der Waals surface area contributed by atoms with Gasteiger partial charge in [-0.15, -0.1) is 0 Å². The fraction of sp³-hybridized carbons (Fsp3) is 0.429. The van der Waals surface area contributed by atoms with Gasteiger partial charge in [-0.05, 0) is 18.6 Å². The number of hydrogen-bond donors (Lipinski definition) is 1. The highest BCUT2D eigenvalue weighted by Gasteiger charge is 2.07. The van der Waals surface area contributed by atoms with Crippen molar-refractivity contribution in [2.75, 3.05) is 11.1 Å². The van der Waals surface area contributed by atoms with Gasteiger partial charge in [0.05, 0.1) is 11.3 Å². The van der Waals surface area contributed by atoms with Crippen LogP contribution in [0, 0.1) is 11.3 Å². The molecular formula is C14H18N2OS. The summed E-state index contributed by atoms with van der Waals surface area (Å²) in [5.41, 5.74) is 1.10. The first kappa shape index (κ1) is 14.6. The zero-order valence-electron chi connectivity index (χ0n) is 10.8. The molecule has 96 valence electrons. The Hall–Kier alpha value is -1.47. The molecule has 0 saturated carbocycles. The van der Waals surface area contributed by atoms with E-state index >= 15 is 0 Å².